The van der Waals surface area contributed by atoms with Crippen molar-refractivity contribution in [2.75, 3.05) is 13.2 Å². The zero-order valence-corrected chi connectivity index (χ0v) is 54.6. The molecule has 0 spiro atoms. The monoisotopic (exact) mass is 1140 g/mol. The van der Waals surface area contributed by atoms with Gasteiger partial charge < -0.3 is 14.2 Å². The molecule has 0 aromatic rings. The van der Waals surface area contributed by atoms with Crippen LogP contribution in [-0.2, 0) is 28.6 Å². The highest BCUT2D eigenvalue weighted by Gasteiger charge is 2.19. The van der Waals surface area contributed by atoms with Crippen molar-refractivity contribution in [1.82, 2.24) is 0 Å². The summed E-state index contributed by atoms with van der Waals surface area (Å²) in [6.45, 7) is 6.57. The van der Waals surface area contributed by atoms with Gasteiger partial charge in [-0.1, -0.05) is 345 Å². The summed E-state index contributed by atoms with van der Waals surface area (Å²) in [4.78, 5) is 38.3. The first-order valence-corrected chi connectivity index (χ1v) is 36.1. The molecular weight excluding hydrogens is 997 g/mol. The second-order valence-electron chi connectivity index (χ2n) is 24.5. The van der Waals surface area contributed by atoms with E-state index in [9.17, 15) is 14.4 Å². The van der Waals surface area contributed by atoms with Crippen LogP contribution in [0.5, 0.6) is 0 Å². The predicted molar refractivity (Wildman–Crippen MR) is 353 cm³/mol. The highest BCUT2D eigenvalue weighted by molar-refractivity contribution is 5.71. The maximum absolute atomic E-state index is 12.9. The molecular formula is C75H138O6. The number of hydrogen-bond acceptors (Lipinski definition) is 6. The Kier molecular flexibility index (Phi) is 67.6. The van der Waals surface area contributed by atoms with Crippen molar-refractivity contribution in [1.29, 1.82) is 0 Å². The van der Waals surface area contributed by atoms with Crippen molar-refractivity contribution < 1.29 is 28.6 Å². The largest absolute Gasteiger partial charge is 0.462 e. The molecule has 0 saturated heterocycles. The van der Waals surface area contributed by atoms with Gasteiger partial charge >= 0.3 is 17.9 Å². The van der Waals surface area contributed by atoms with E-state index in [1.54, 1.807) is 0 Å². The van der Waals surface area contributed by atoms with Gasteiger partial charge in [-0.3, -0.25) is 14.4 Å². The molecule has 0 saturated carbocycles. The van der Waals surface area contributed by atoms with Gasteiger partial charge in [-0.15, -0.1) is 0 Å². The Morgan fingerprint density at radius 3 is 0.765 bits per heavy atom. The van der Waals surface area contributed by atoms with Crippen LogP contribution in [0.25, 0.3) is 0 Å². The Bertz CT molecular complexity index is 1400. The minimum absolute atomic E-state index is 0.0751. The van der Waals surface area contributed by atoms with Gasteiger partial charge in [-0.25, -0.2) is 0 Å². The molecule has 81 heavy (non-hydrogen) atoms. The zero-order chi connectivity index (χ0) is 58.5. The van der Waals surface area contributed by atoms with Crippen LogP contribution >= 0.6 is 0 Å². The summed E-state index contributed by atoms with van der Waals surface area (Å²) in [6.07, 6.45) is 88.9. The van der Waals surface area contributed by atoms with Crippen molar-refractivity contribution >= 4 is 17.9 Å². The quantitative estimate of drug-likeness (QED) is 0.0261. The molecule has 1 unspecified atom stereocenters. The smallest absolute Gasteiger partial charge is 0.306 e. The third-order valence-electron chi connectivity index (χ3n) is 16.3. The van der Waals surface area contributed by atoms with E-state index in [4.69, 9.17) is 14.2 Å². The van der Waals surface area contributed by atoms with Gasteiger partial charge in [0.15, 0.2) is 6.10 Å². The molecule has 474 valence electrons. The molecule has 0 aliphatic carbocycles. The Morgan fingerprint density at radius 2 is 0.481 bits per heavy atom. The van der Waals surface area contributed by atoms with Crippen LogP contribution in [0.1, 0.15) is 393 Å². The second-order valence-corrected chi connectivity index (χ2v) is 24.5. The molecule has 0 heterocycles. The van der Waals surface area contributed by atoms with Crippen molar-refractivity contribution in [2.24, 2.45) is 0 Å². The standard InChI is InChI=1S/C75H138O6/c1-4-7-10-13-16-19-22-25-27-28-29-30-31-32-33-34-35-36-37-38-39-40-41-42-43-44-45-46-48-50-53-56-59-62-65-68-74(77)80-71-72(70-79-73(76)67-64-61-58-55-52-49-24-21-18-15-12-9-6-3)81-75(78)69-66-63-60-57-54-51-47-26-23-20-17-14-11-8-5-2/h8,11,17,20,26,28-29,47,72H,4-7,9-10,12-16,18-19,21-25,27,30-46,48-71H2,1-3H3/b11-8-,20-17-,29-28-,47-26-. The summed E-state index contributed by atoms with van der Waals surface area (Å²) in [7, 11) is 0. The molecule has 0 aliphatic heterocycles. The third kappa shape index (κ3) is 68.0. The second kappa shape index (κ2) is 69.9. The molecule has 0 aromatic carbocycles. The van der Waals surface area contributed by atoms with E-state index in [1.807, 2.05) is 0 Å². The van der Waals surface area contributed by atoms with Crippen molar-refractivity contribution in [3.8, 4) is 0 Å². The third-order valence-corrected chi connectivity index (χ3v) is 16.3. The molecule has 0 N–H and O–H groups in total. The average Bonchev–Trinajstić information content (AvgIpc) is 3.46. The minimum atomic E-state index is -0.779. The van der Waals surface area contributed by atoms with Crippen molar-refractivity contribution in [2.45, 2.75) is 399 Å². The van der Waals surface area contributed by atoms with Gasteiger partial charge in [0.25, 0.3) is 0 Å². The van der Waals surface area contributed by atoms with Crippen LogP contribution in [-0.4, -0.2) is 37.2 Å². The minimum Gasteiger partial charge on any atom is -0.462 e. The number of allylic oxidation sites excluding steroid dienone is 8. The van der Waals surface area contributed by atoms with E-state index in [1.165, 1.54) is 257 Å². The summed E-state index contributed by atoms with van der Waals surface area (Å²) in [5.41, 5.74) is 0. The Hall–Kier alpha value is -2.63. The van der Waals surface area contributed by atoms with Gasteiger partial charge in [-0.05, 0) is 77.0 Å². The molecule has 0 aliphatic rings. The average molecular weight is 1140 g/mol. The fourth-order valence-electron chi connectivity index (χ4n) is 10.9. The van der Waals surface area contributed by atoms with Gasteiger partial charge in [0, 0.05) is 19.3 Å². The van der Waals surface area contributed by atoms with Crippen LogP contribution < -0.4 is 0 Å². The first-order valence-electron chi connectivity index (χ1n) is 36.1. The van der Waals surface area contributed by atoms with Crippen LogP contribution in [0, 0.1) is 0 Å². The highest BCUT2D eigenvalue weighted by Crippen LogP contribution is 2.19. The number of unbranched alkanes of at least 4 members (excludes halogenated alkanes) is 48. The molecule has 6 heteroatoms. The Morgan fingerprint density at radius 1 is 0.259 bits per heavy atom. The molecule has 0 aromatic heterocycles. The molecule has 0 radical (unpaired) electrons. The van der Waals surface area contributed by atoms with Crippen molar-refractivity contribution in [3.63, 3.8) is 0 Å². The molecule has 1 atom stereocenters. The maximum Gasteiger partial charge on any atom is 0.306 e. The van der Waals surface area contributed by atoms with Gasteiger partial charge in [0.2, 0.25) is 0 Å². The van der Waals surface area contributed by atoms with Crippen LogP contribution in [0.4, 0.5) is 0 Å². The van der Waals surface area contributed by atoms with E-state index in [2.05, 4.69) is 69.4 Å². The van der Waals surface area contributed by atoms with E-state index < -0.39 is 6.10 Å². The van der Waals surface area contributed by atoms with Crippen LogP contribution in [0.15, 0.2) is 48.6 Å². The lowest BCUT2D eigenvalue weighted by atomic mass is 10.0. The lowest BCUT2D eigenvalue weighted by molar-refractivity contribution is -0.167. The van der Waals surface area contributed by atoms with Crippen LogP contribution in [0.3, 0.4) is 0 Å². The van der Waals surface area contributed by atoms with E-state index in [-0.39, 0.29) is 31.1 Å². The lowest BCUT2D eigenvalue weighted by Gasteiger charge is -2.18. The highest BCUT2D eigenvalue weighted by atomic mass is 16.6. The summed E-state index contributed by atoms with van der Waals surface area (Å²) >= 11 is 0. The van der Waals surface area contributed by atoms with E-state index in [0.29, 0.717) is 19.3 Å². The van der Waals surface area contributed by atoms with Crippen LogP contribution in [0.2, 0.25) is 0 Å². The van der Waals surface area contributed by atoms with Crippen molar-refractivity contribution in [3.05, 3.63) is 48.6 Å². The summed E-state index contributed by atoms with van der Waals surface area (Å²) in [5.74, 6) is -0.868. The molecule has 6 nitrogen and oxygen atoms in total. The molecule has 0 amide bonds. The van der Waals surface area contributed by atoms with E-state index >= 15 is 0 Å². The first kappa shape index (κ1) is 78.4. The Balaban J connectivity index is 4.05. The topological polar surface area (TPSA) is 78.9 Å². The number of carbonyl (C=O) groups excluding carboxylic acids is 3. The number of ether oxygens (including phenoxy) is 3. The first-order chi connectivity index (χ1) is 40.0. The number of rotatable bonds is 67. The molecule has 0 fully saturated rings. The normalized spacial score (nSPS) is 12.3. The zero-order valence-electron chi connectivity index (χ0n) is 54.6. The Labute approximate surface area is 505 Å². The van der Waals surface area contributed by atoms with E-state index in [0.717, 1.165) is 96.3 Å². The summed E-state index contributed by atoms with van der Waals surface area (Å²) in [6, 6.07) is 0. The predicted octanol–water partition coefficient (Wildman–Crippen LogP) is 24.9. The van der Waals surface area contributed by atoms with Gasteiger partial charge in [0.1, 0.15) is 13.2 Å². The number of hydrogen-bond donors (Lipinski definition) is 0. The molecule has 0 bridgehead atoms. The fraction of sp³-hybridized carbons (Fsp3) is 0.853. The molecule has 0 rings (SSSR count). The summed E-state index contributed by atoms with van der Waals surface area (Å²) < 4.78 is 16.9. The SMILES string of the molecule is CC/C=C\C/C=C\C/C=C\CCCCCCCC(=O)OC(COC(=O)CCCCCCCCCCCCCCC)COC(=O)CCCCCCCCCCCCCCCCCCCCCCCCC/C=C\CCCCCCCCCC. The summed E-state index contributed by atoms with van der Waals surface area (Å²) in [5, 5.41) is 0. The van der Waals surface area contributed by atoms with Gasteiger partial charge in [0.05, 0.1) is 0 Å². The van der Waals surface area contributed by atoms with Gasteiger partial charge in [-0.2, -0.15) is 0 Å². The maximum atomic E-state index is 12.9. The number of esters is 3. The lowest BCUT2D eigenvalue weighted by Crippen LogP contribution is -2.30. The number of carbonyl (C=O) groups is 3. The fourth-order valence-corrected chi connectivity index (χ4v) is 10.9.